The molecule has 0 amide bonds. The normalized spacial score (nSPS) is 20.9. The number of ether oxygens (including phenoxy) is 2. The number of hydrogen-bond donors (Lipinski definition) is 1. The van der Waals surface area contributed by atoms with Gasteiger partial charge in [-0.3, -0.25) is 4.90 Å². The number of rotatable bonds is 5. The van der Waals surface area contributed by atoms with Crippen molar-refractivity contribution in [2.45, 2.75) is 20.0 Å². The molecular weight excluding hydrogens is 256 g/mol. The van der Waals surface area contributed by atoms with E-state index < -0.39 is 0 Å². The highest BCUT2D eigenvalue weighted by Crippen LogP contribution is 2.19. The summed E-state index contributed by atoms with van der Waals surface area (Å²) in [7, 11) is 0. The van der Waals surface area contributed by atoms with Gasteiger partial charge in [0.05, 0.1) is 12.3 Å². The summed E-state index contributed by atoms with van der Waals surface area (Å²) in [5.74, 6) is 0.722. The van der Waals surface area contributed by atoms with Crippen molar-refractivity contribution in [1.82, 2.24) is 4.90 Å². The van der Waals surface area contributed by atoms with Crippen LogP contribution >= 0.6 is 0 Å². The Morgan fingerprint density at radius 1 is 1.50 bits per heavy atom. The Morgan fingerprint density at radius 2 is 2.30 bits per heavy atom. The zero-order valence-electron chi connectivity index (χ0n) is 12.1. The zero-order chi connectivity index (χ0) is 14.4. The smallest absolute Gasteiger partial charge is 0.128 e. The number of likely N-dealkylation sites (N-methyl/N-ethyl adjacent to an activating group) is 1. The van der Waals surface area contributed by atoms with Gasteiger partial charge < -0.3 is 14.7 Å². The number of para-hydroxylation sites is 1. The van der Waals surface area contributed by atoms with E-state index in [0.717, 1.165) is 37.6 Å². The van der Waals surface area contributed by atoms with Gasteiger partial charge in [0.2, 0.25) is 0 Å². The van der Waals surface area contributed by atoms with E-state index in [4.69, 9.17) is 14.7 Å². The van der Waals surface area contributed by atoms with Crippen LogP contribution in [0.15, 0.2) is 29.4 Å². The van der Waals surface area contributed by atoms with Gasteiger partial charge in [-0.1, -0.05) is 24.2 Å². The summed E-state index contributed by atoms with van der Waals surface area (Å²) in [6, 6.07) is 7.56. The predicted molar refractivity (Wildman–Crippen MR) is 77.8 cm³/mol. The zero-order valence-corrected chi connectivity index (χ0v) is 12.1. The molecule has 1 fully saturated rings. The maximum atomic E-state index is 8.90. The molecule has 0 aromatic heterocycles. The fourth-order valence-corrected chi connectivity index (χ4v) is 2.30. The lowest BCUT2D eigenvalue weighted by Gasteiger charge is -2.32. The Bertz CT molecular complexity index is 462. The lowest BCUT2D eigenvalue weighted by Crippen LogP contribution is -2.44. The summed E-state index contributed by atoms with van der Waals surface area (Å²) in [5.41, 5.74) is 1.35. The molecular formula is C15H22N2O3. The summed E-state index contributed by atoms with van der Waals surface area (Å²) in [4.78, 5) is 2.35. The van der Waals surface area contributed by atoms with Crippen LogP contribution < -0.4 is 4.74 Å². The van der Waals surface area contributed by atoms with Crippen LogP contribution in [-0.2, 0) is 4.74 Å². The molecule has 1 aromatic carbocycles. The molecule has 0 saturated carbocycles. The lowest BCUT2D eigenvalue weighted by molar-refractivity contribution is -0.0464. The summed E-state index contributed by atoms with van der Waals surface area (Å²) in [5, 5.41) is 12.1. The third kappa shape index (κ3) is 3.71. The second-order valence-corrected chi connectivity index (χ2v) is 4.88. The van der Waals surface area contributed by atoms with Crippen molar-refractivity contribution in [1.29, 1.82) is 0 Å². The van der Waals surface area contributed by atoms with Gasteiger partial charge in [-0.15, -0.1) is 0 Å². The molecule has 1 aliphatic heterocycles. The molecule has 110 valence electrons. The number of oxime groups is 1. The molecule has 0 spiro atoms. The number of benzene rings is 1. The Labute approximate surface area is 119 Å². The highest BCUT2D eigenvalue weighted by Gasteiger charge is 2.20. The molecule has 5 heteroatoms. The second-order valence-electron chi connectivity index (χ2n) is 4.88. The standard InChI is InChI=1S/C15H22N2O3/c1-3-17-8-9-19-13(10-17)11-20-15-7-5-4-6-14(15)12(2)16-18/h4-7,13,18H,3,8-11H2,1-2H3. The largest absolute Gasteiger partial charge is 0.490 e. The fourth-order valence-electron chi connectivity index (χ4n) is 2.30. The summed E-state index contributed by atoms with van der Waals surface area (Å²) < 4.78 is 11.6. The topological polar surface area (TPSA) is 54.3 Å². The van der Waals surface area contributed by atoms with Crippen LogP contribution in [0, 0.1) is 0 Å². The Kier molecular flexibility index (Phi) is 5.38. The van der Waals surface area contributed by atoms with E-state index in [1.807, 2.05) is 24.3 Å². The van der Waals surface area contributed by atoms with Crippen molar-refractivity contribution in [2.75, 3.05) is 32.8 Å². The summed E-state index contributed by atoms with van der Waals surface area (Å²) in [6.07, 6.45) is 0.0862. The monoisotopic (exact) mass is 278 g/mol. The van der Waals surface area contributed by atoms with E-state index >= 15 is 0 Å². The van der Waals surface area contributed by atoms with E-state index in [-0.39, 0.29) is 6.10 Å². The lowest BCUT2D eigenvalue weighted by atomic mass is 10.1. The minimum Gasteiger partial charge on any atom is -0.490 e. The highest BCUT2D eigenvalue weighted by atomic mass is 16.5. The molecule has 1 saturated heterocycles. The quantitative estimate of drug-likeness (QED) is 0.508. The van der Waals surface area contributed by atoms with Crippen molar-refractivity contribution >= 4 is 5.71 Å². The van der Waals surface area contributed by atoms with Crippen molar-refractivity contribution in [3.8, 4) is 5.75 Å². The van der Waals surface area contributed by atoms with E-state index in [9.17, 15) is 0 Å². The molecule has 5 nitrogen and oxygen atoms in total. The maximum Gasteiger partial charge on any atom is 0.128 e. The first-order valence-electron chi connectivity index (χ1n) is 6.99. The molecule has 0 aliphatic carbocycles. The Morgan fingerprint density at radius 3 is 3.05 bits per heavy atom. The Balaban J connectivity index is 1.97. The number of morpholine rings is 1. The molecule has 1 aliphatic rings. The minimum atomic E-state index is 0.0862. The van der Waals surface area contributed by atoms with Gasteiger partial charge >= 0.3 is 0 Å². The first kappa shape index (κ1) is 14.8. The van der Waals surface area contributed by atoms with Crippen LogP contribution in [0.1, 0.15) is 19.4 Å². The van der Waals surface area contributed by atoms with Crippen molar-refractivity contribution in [2.24, 2.45) is 5.16 Å². The molecule has 0 radical (unpaired) electrons. The molecule has 1 unspecified atom stereocenters. The van der Waals surface area contributed by atoms with Crippen LogP contribution in [0.2, 0.25) is 0 Å². The minimum absolute atomic E-state index is 0.0862. The first-order valence-corrected chi connectivity index (χ1v) is 6.99. The van der Waals surface area contributed by atoms with Crippen LogP contribution in [-0.4, -0.2) is 54.8 Å². The van der Waals surface area contributed by atoms with E-state index in [0.29, 0.717) is 12.3 Å². The van der Waals surface area contributed by atoms with Gasteiger partial charge in [0, 0.05) is 18.7 Å². The van der Waals surface area contributed by atoms with Gasteiger partial charge in [0.25, 0.3) is 0 Å². The fraction of sp³-hybridized carbons (Fsp3) is 0.533. The molecule has 1 heterocycles. The molecule has 0 bridgehead atoms. The third-order valence-corrected chi connectivity index (χ3v) is 3.52. The van der Waals surface area contributed by atoms with E-state index in [1.165, 1.54) is 0 Å². The van der Waals surface area contributed by atoms with Gasteiger partial charge in [-0.05, 0) is 25.6 Å². The van der Waals surface area contributed by atoms with Gasteiger partial charge in [-0.25, -0.2) is 0 Å². The molecule has 1 atom stereocenters. The van der Waals surface area contributed by atoms with Crippen LogP contribution in [0.25, 0.3) is 0 Å². The van der Waals surface area contributed by atoms with Crippen molar-refractivity contribution in [3.63, 3.8) is 0 Å². The van der Waals surface area contributed by atoms with E-state index in [2.05, 4.69) is 17.0 Å². The average molecular weight is 278 g/mol. The Hall–Kier alpha value is -1.59. The van der Waals surface area contributed by atoms with Gasteiger partial charge in [-0.2, -0.15) is 0 Å². The summed E-state index contributed by atoms with van der Waals surface area (Å²) >= 11 is 0. The third-order valence-electron chi connectivity index (χ3n) is 3.52. The van der Waals surface area contributed by atoms with Gasteiger partial charge in [0.15, 0.2) is 0 Å². The molecule has 20 heavy (non-hydrogen) atoms. The van der Waals surface area contributed by atoms with Crippen LogP contribution in [0.4, 0.5) is 0 Å². The second kappa shape index (κ2) is 7.26. The SMILES string of the molecule is CCN1CCOC(COc2ccccc2C(C)=NO)C1. The van der Waals surface area contributed by atoms with Crippen molar-refractivity contribution in [3.05, 3.63) is 29.8 Å². The van der Waals surface area contributed by atoms with Crippen LogP contribution in [0.5, 0.6) is 5.75 Å². The van der Waals surface area contributed by atoms with Gasteiger partial charge in [0.1, 0.15) is 18.5 Å². The first-order chi connectivity index (χ1) is 9.74. The van der Waals surface area contributed by atoms with Crippen LogP contribution in [0.3, 0.4) is 0 Å². The highest BCUT2D eigenvalue weighted by molar-refractivity contribution is 6.00. The average Bonchev–Trinajstić information content (AvgIpc) is 2.52. The molecule has 2 rings (SSSR count). The molecule has 1 N–H and O–H groups in total. The summed E-state index contributed by atoms with van der Waals surface area (Å²) in [6.45, 7) is 8.07. The number of hydrogen-bond acceptors (Lipinski definition) is 5. The maximum absolute atomic E-state index is 8.90. The molecule has 1 aromatic rings. The predicted octanol–water partition coefficient (Wildman–Crippen LogP) is 1.98. The van der Waals surface area contributed by atoms with E-state index in [1.54, 1.807) is 6.92 Å². The van der Waals surface area contributed by atoms with Crippen molar-refractivity contribution < 1.29 is 14.7 Å². The number of nitrogens with zero attached hydrogens (tertiary/aromatic N) is 2.